The van der Waals surface area contributed by atoms with E-state index in [-0.39, 0.29) is 29.4 Å². The number of nitrogens with zero attached hydrogens (tertiary/aromatic N) is 7. The molecule has 1 saturated heterocycles. The van der Waals surface area contributed by atoms with Crippen LogP contribution in [-0.2, 0) is 4.79 Å². The van der Waals surface area contributed by atoms with Crippen LogP contribution >= 0.6 is 0 Å². The van der Waals surface area contributed by atoms with Gasteiger partial charge in [-0.25, -0.2) is 19.7 Å². The van der Waals surface area contributed by atoms with Gasteiger partial charge in [-0.15, -0.1) is 0 Å². The second kappa shape index (κ2) is 9.74. The molecule has 4 aromatic rings. The molecular formula is C29H30N8O3. The monoisotopic (exact) mass is 538 g/mol. The number of hydrogen-bond acceptors (Lipinski definition) is 7. The minimum atomic E-state index is -0.258. The smallest absolute Gasteiger partial charge is 0.335 e. The summed E-state index contributed by atoms with van der Waals surface area (Å²) in [5, 5.41) is 0. The van der Waals surface area contributed by atoms with Gasteiger partial charge in [-0.05, 0) is 79.6 Å². The molecule has 0 radical (unpaired) electrons. The Bertz CT molecular complexity index is 1690. The van der Waals surface area contributed by atoms with Crippen molar-refractivity contribution in [2.45, 2.75) is 25.8 Å². The summed E-state index contributed by atoms with van der Waals surface area (Å²) in [4.78, 5) is 55.4. The van der Waals surface area contributed by atoms with E-state index >= 15 is 0 Å². The maximum atomic E-state index is 14.0. The molecule has 1 aliphatic carbocycles. The Morgan fingerprint density at radius 1 is 1.07 bits per heavy atom. The first-order chi connectivity index (χ1) is 19.3. The number of pyridine rings is 1. The van der Waals surface area contributed by atoms with Crippen LogP contribution in [0.4, 0.5) is 11.6 Å². The molecule has 204 valence electrons. The van der Waals surface area contributed by atoms with E-state index < -0.39 is 0 Å². The van der Waals surface area contributed by atoms with Gasteiger partial charge in [0.15, 0.2) is 11.5 Å². The largest absolute Gasteiger partial charge is 0.382 e. The minimum Gasteiger partial charge on any atom is -0.382 e. The first-order valence-corrected chi connectivity index (χ1v) is 13.2. The van der Waals surface area contributed by atoms with Crippen molar-refractivity contribution in [1.82, 2.24) is 29.0 Å². The fourth-order valence-corrected chi connectivity index (χ4v) is 6.18. The third-order valence-corrected chi connectivity index (χ3v) is 8.18. The number of aryl methyl sites for hydroxylation is 1. The normalized spacial score (nSPS) is 20.1. The van der Waals surface area contributed by atoms with Crippen LogP contribution in [0.5, 0.6) is 0 Å². The maximum Gasteiger partial charge on any atom is 0.335 e. The standard InChI is InChI=1S/C29H30N8O3/c1-4-24(38)35-14-19-12-22(13-20(19)15-35)37-27-25(26(30)32-16-33-27)36(29(37)40)21-7-5-18(6-8-21)28(39)34(3)23-11-17(2)9-10-31-23/h4-11,16,19-20,22H,1,12-15H2,2-3H3,(H2,30,32,33). The Balaban J connectivity index is 1.32. The van der Waals surface area contributed by atoms with Crippen molar-refractivity contribution >= 4 is 34.6 Å². The maximum absolute atomic E-state index is 14.0. The number of hydrogen-bond donors (Lipinski definition) is 1. The van der Waals surface area contributed by atoms with Gasteiger partial charge in [-0.3, -0.25) is 23.6 Å². The van der Waals surface area contributed by atoms with Crippen LogP contribution in [0, 0.1) is 18.8 Å². The molecule has 2 fully saturated rings. The zero-order valence-electron chi connectivity index (χ0n) is 22.4. The molecule has 3 aromatic heterocycles. The predicted molar refractivity (Wildman–Crippen MR) is 151 cm³/mol. The van der Waals surface area contributed by atoms with Gasteiger partial charge in [0.25, 0.3) is 5.91 Å². The van der Waals surface area contributed by atoms with Crippen LogP contribution in [0.1, 0.15) is 34.8 Å². The summed E-state index contributed by atoms with van der Waals surface area (Å²) in [6.45, 7) is 6.87. The van der Waals surface area contributed by atoms with E-state index in [2.05, 4.69) is 21.5 Å². The van der Waals surface area contributed by atoms with Crippen molar-refractivity contribution in [2.24, 2.45) is 11.8 Å². The highest BCUT2D eigenvalue weighted by Crippen LogP contribution is 2.44. The summed E-state index contributed by atoms with van der Waals surface area (Å²) in [5.74, 6) is 1.10. The molecule has 4 heterocycles. The van der Waals surface area contributed by atoms with E-state index in [1.165, 1.54) is 21.9 Å². The number of imidazole rings is 1. The topological polar surface area (TPSA) is 132 Å². The minimum absolute atomic E-state index is 0.0523. The molecule has 0 spiro atoms. The lowest BCUT2D eigenvalue weighted by atomic mass is 10.0. The summed E-state index contributed by atoms with van der Waals surface area (Å²) >= 11 is 0. The lowest BCUT2D eigenvalue weighted by molar-refractivity contribution is -0.125. The Kier molecular flexibility index (Phi) is 6.21. The number of fused-ring (bicyclic) bond motifs is 2. The highest BCUT2D eigenvalue weighted by atomic mass is 16.2. The summed E-state index contributed by atoms with van der Waals surface area (Å²) in [6, 6.07) is 10.5. The van der Waals surface area contributed by atoms with E-state index in [1.54, 1.807) is 42.1 Å². The Labute approximate surface area is 230 Å². The Hall–Kier alpha value is -4.80. The van der Waals surface area contributed by atoms with E-state index in [1.807, 2.05) is 24.0 Å². The molecule has 2 atom stereocenters. The highest BCUT2D eigenvalue weighted by molar-refractivity contribution is 6.05. The molecule has 2 amide bonds. The van der Waals surface area contributed by atoms with E-state index in [0.29, 0.717) is 53.2 Å². The van der Waals surface area contributed by atoms with Crippen molar-refractivity contribution in [3.05, 3.63) is 83.2 Å². The summed E-state index contributed by atoms with van der Waals surface area (Å²) in [6.07, 6.45) is 5.92. The molecule has 11 nitrogen and oxygen atoms in total. The molecule has 1 aromatic carbocycles. The average molecular weight is 539 g/mol. The van der Waals surface area contributed by atoms with Gasteiger partial charge in [-0.1, -0.05) is 6.58 Å². The molecule has 6 rings (SSSR count). The molecular weight excluding hydrogens is 508 g/mol. The lowest BCUT2D eigenvalue weighted by Gasteiger charge is -2.18. The number of nitrogens with two attached hydrogens (primary N) is 1. The first kappa shape index (κ1) is 25.5. The van der Waals surface area contributed by atoms with Crippen molar-refractivity contribution in [2.75, 3.05) is 30.8 Å². The van der Waals surface area contributed by atoms with Crippen molar-refractivity contribution < 1.29 is 9.59 Å². The Morgan fingerprint density at radius 3 is 2.42 bits per heavy atom. The third kappa shape index (κ3) is 4.14. The molecule has 2 aliphatic rings. The van der Waals surface area contributed by atoms with Gasteiger partial charge in [-0.2, -0.15) is 0 Å². The van der Waals surface area contributed by atoms with Crippen LogP contribution in [0.3, 0.4) is 0 Å². The number of rotatable bonds is 5. The zero-order valence-corrected chi connectivity index (χ0v) is 22.4. The van der Waals surface area contributed by atoms with E-state index in [4.69, 9.17) is 5.73 Å². The number of amides is 2. The summed E-state index contributed by atoms with van der Waals surface area (Å²) in [5.41, 5.74) is 8.96. The van der Waals surface area contributed by atoms with Crippen molar-refractivity contribution in [3.63, 3.8) is 0 Å². The van der Waals surface area contributed by atoms with Crippen molar-refractivity contribution in [1.29, 1.82) is 0 Å². The van der Waals surface area contributed by atoms with Crippen LogP contribution < -0.4 is 16.3 Å². The lowest BCUT2D eigenvalue weighted by Crippen LogP contribution is -2.30. The molecule has 1 aliphatic heterocycles. The van der Waals surface area contributed by atoms with Crippen LogP contribution in [0.2, 0.25) is 0 Å². The summed E-state index contributed by atoms with van der Waals surface area (Å²) < 4.78 is 3.24. The second-order valence-electron chi connectivity index (χ2n) is 10.6. The molecule has 0 bridgehead atoms. The number of aromatic nitrogens is 5. The SMILES string of the molecule is C=CC(=O)N1CC2CC(n3c(=O)n(-c4ccc(C(=O)N(C)c5cc(C)ccn5)cc4)c4c(N)ncnc43)CC2C1. The number of carbonyl (C=O) groups is 2. The van der Waals surface area contributed by atoms with Crippen LogP contribution in [-0.4, -0.2) is 60.9 Å². The van der Waals surface area contributed by atoms with Gasteiger partial charge in [0.2, 0.25) is 5.91 Å². The van der Waals surface area contributed by atoms with E-state index in [0.717, 1.165) is 18.4 Å². The second-order valence-corrected chi connectivity index (χ2v) is 10.6. The van der Waals surface area contributed by atoms with Gasteiger partial charge in [0.05, 0.1) is 5.69 Å². The van der Waals surface area contributed by atoms with E-state index in [9.17, 15) is 14.4 Å². The molecule has 40 heavy (non-hydrogen) atoms. The van der Waals surface area contributed by atoms with Gasteiger partial charge in [0, 0.05) is 37.9 Å². The van der Waals surface area contributed by atoms with Gasteiger partial charge in [0.1, 0.15) is 17.7 Å². The predicted octanol–water partition coefficient (Wildman–Crippen LogP) is 2.74. The Morgan fingerprint density at radius 2 is 1.77 bits per heavy atom. The molecule has 2 N–H and O–H groups in total. The number of likely N-dealkylation sites (tertiary alicyclic amines) is 1. The number of benzene rings is 1. The fraction of sp³-hybridized carbons (Fsp3) is 0.310. The zero-order chi connectivity index (χ0) is 28.1. The average Bonchev–Trinajstić information content (AvgIpc) is 3.62. The number of nitrogen functional groups attached to an aromatic ring is 1. The fourth-order valence-electron chi connectivity index (χ4n) is 6.18. The molecule has 1 saturated carbocycles. The van der Waals surface area contributed by atoms with Gasteiger partial charge >= 0.3 is 5.69 Å². The number of anilines is 2. The van der Waals surface area contributed by atoms with Crippen molar-refractivity contribution in [3.8, 4) is 5.69 Å². The summed E-state index contributed by atoms with van der Waals surface area (Å²) in [7, 11) is 1.68. The molecule has 2 unspecified atom stereocenters. The highest BCUT2D eigenvalue weighted by Gasteiger charge is 2.43. The van der Waals surface area contributed by atoms with Crippen LogP contribution in [0.15, 0.2) is 66.4 Å². The van der Waals surface area contributed by atoms with Gasteiger partial charge < -0.3 is 10.6 Å². The third-order valence-electron chi connectivity index (χ3n) is 8.18. The number of carbonyl (C=O) groups excluding carboxylic acids is 2. The quantitative estimate of drug-likeness (QED) is 0.387. The molecule has 11 heteroatoms. The van der Waals surface area contributed by atoms with Crippen LogP contribution in [0.25, 0.3) is 16.9 Å². The first-order valence-electron chi connectivity index (χ1n) is 13.2.